The Hall–Kier alpha value is -2.93. The number of rotatable bonds is 6. The van der Waals surface area contributed by atoms with Gasteiger partial charge >= 0.3 is 0 Å². The smallest absolute Gasteiger partial charge is 0.247 e. The zero-order valence-corrected chi connectivity index (χ0v) is 21.0. The van der Waals surface area contributed by atoms with Crippen molar-refractivity contribution in [2.75, 3.05) is 26.7 Å². The maximum Gasteiger partial charge on any atom is 0.247 e. The van der Waals surface area contributed by atoms with Crippen LogP contribution in [0, 0.1) is 23.2 Å². The van der Waals surface area contributed by atoms with Gasteiger partial charge in [0.1, 0.15) is 16.7 Å². The van der Waals surface area contributed by atoms with E-state index in [4.69, 9.17) is 10.00 Å². The Morgan fingerprint density at radius 1 is 1.23 bits per heavy atom. The van der Waals surface area contributed by atoms with Crippen LogP contribution < -0.4 is 4.74 Å². The van der Waals surface area contributed by atoms with Crippen LogP contribution in [0.3, 0.4) is 0 Å². The van der Waals surface area contributed by atoms with Gasteiger partial charge in [0.2, 0.25) is 15.9 Å². The molecular formula is C26H31N3O5S. The van der Waals surface area contributed by atoms with Crippen LogP contribution >= 0.6 is 0 Å². The van der Waals surface area contributed by atoms with Gasteiger partial charge in [0.15, 0.2) is 0 Å². The molecule has 1 heterocycles. The van der Waals surface area contributed by atoms with Crippen LogP contribution in [-0.2, 0) is 14.8 Å². The van der Waals surface area contributed by atoms with Crippen LogP contribution in [0.15, 0.2) is 47.4 Å². The molecular weight excluding hydrogens is 466 g/mol. The molecule has 1 saturated carbocycles. The monoisotopic (exact) mass is 497 g/mol. The molecule has 0 bridgehead atoms. The second-order valence-corrected chi connectivity index (χ2v) is 11.4. The van der Waals surface area contributed by atoms with Crippen LogP contribution in [0.4, 0.5) is 0 Å². The van der Waals surface area contributed by atoms with Crippen LogP contribution in [0.25, 0.3) is 11.1 Å². The number of amides is 1. The fourth-order valence-corrected chi connectivity index (χ4v) is 6.19. The lowest BCUT2D eigenvalue weighted by Crippen LogP contribution is -2.50. The minimum atomic E-state index is -3.94. The first-order valence-corrected chi connectivity index (χ1v) is 13.3. The van der Waals surface area contributed by atoms with E-state index in [0.29, 0.717) is 12.1 Å². The molecule has 186 valence electrons. The van der Waals surface area contributed by atoms with Gasteiger partial charge < -0.3 is 14.7 Å². The Balaban J connectivity index is 1.76. The largest absolute Gasteiger partial charge is 0.487 e. The number of benzene rings is 2. The normalized spacial score (nSPS) is 22.6. The molecule has 1 aliphatic carbocycles. The zero-order valence-electron chi connectivity index (χ0n) is 20.2. The van der Waals surface area contributed by atoms with Crippen molar-refractivity contribution >= 4 is 15.9 Å². The number of ether oxygens (including phenoxy) is 1. The molecule has 2 aliphatic rings. The number of carbonyl (C=O) groups excluding carboxylic acids is 1. The summed E-state index contributed by atoms with van der Waals surface area (Å²) in [5.41, 5.74) is 2.10. The number of nitriles is 1. The van der Waals surface area contributed by atoms with Gasteiger partial charge in [-0.15, -0.1) is 0 Å². The van der Waals surface area contributed by atoms with Crippen molar-refractivity contribution in [1.29, 1.82) is 5.26 Å². The minimum absolute atomic E-state index is 0.0308. The third kappa shape index (κ3) is 5.20. The molecule has 1 aliphatic heterocycles. The van der Waals surface area contributed by atoms with Gasteiger partial charge in [0.25, 0.3) is 0 Å². The van der Waals surface area contributed by atoms with E-state index in [1.54, 1.807) is 55.3 Å². The van der Waals surface area contributed by atoms with Crippen molar-refractivity contribution in [3.8, 4) is 22.9 Å². The predicted molar refractivity (Wildman–Crippen MR) is 131 cm³/mol. The molecule has 4 rings (SSSR count). The first-order valence-electron chi connectivity index (χ1n) is 11.8. The maximum atomic E-state index is 13.6. The van der Waals surface area contributed by atoms with Gasteiger partial charge in [0, 0.05) is 31.5 Å². The lowest BCUT2D eigenvalue weighted by atomic mass is 10.0. The first kappa shape index (κ1) is 25.2. The standard InChI is InChI=1S/C26H31N3O5S/c1-17-14-29(18(2)16-30)35(32,33)25-11-10-22(20-6-4-19(13-27)5-7-20)12-23(25)34-24(17)15-28(3)26(31)21-8-9-21/h4-7,10-12,17-18,21,24,30H,8-9,14-16H2,1-3H3/t17-,18+,24+/m1/s1. The fourth-order valence-electron chi connectivity index (χ4n) is 4.36. The van der Waals surface area contributed by atoms with Crippen LogP contribution in [-0.4, -0.2) is 67.5 Å². The van der Waals surface area contributed by atoms with Crippen LogP contribution in [0.5, 0.6) is 5.75 Å². The number of sulfonamides is 1. The number of hydrogen-bond acceptors (Lipinski definition) is 6. The van der Waals surface area contributed by atoms with E-state index in [9.17, 15) is 18.3 Å². The van der Waals surface area contributed by atoms with Crippen molar-refractivity contribution in [3.05, 3.63) is 48.0 Å². The van der Waals surface area contributed by atoms with Gasteiger partial charge in [-0.1, -0.05) is 25.1 Å². The summed E-state index contributed by atoms with van der Waals surface area (Å²) in [4.78, 5) is 14.3. The van der Waals surface area contributed by atoms with Gasteiger partial charge in [-0.05, 0) is 55.2 Å². The highest BCUT2D eigenvalue weighted by Gasteiger charge is 2.39. The highest BCUT2D eigenvalue weighted by molar-refractivity contribution is 7.89. The molecule has 0 unspecified atom stereocenters. The van der Waals surface area contributed by atoms with Gasteiger partial charge in [0.05, 0.1) is 24.8 Å². The molecule has 0 aromatic heterocycles. The number of hydrogen-bond donors (Lipinski definition) is 1. The third-order valence-electron chi connectivity index (χ3n) is 6.77. The molecule has 3 atom stereocenters. The number of aliphatic hydroxyl groups is 1. The number of carbonyl (C=O) groups is 1. The summed E-state index contributed by atoms with van der Waals surface area (Å²) in [5, 5.41) is 18.9. The summed E-state index contributed by atoms with van der Waals surface area (Å²) >= 11 is 0. The molecule has 0 saturated heterocycles. The zero-order chi connectivity index (χ0) is 25.3. The molecule has 1 amide bonds. The molecule has 1 N–H and O–H groups in total. The quantitative estimate of drug-likeness (QED) is 0.657. The Morgan fingerprint density at radius 3 is 2.49 bits per heavy atom. The number of nitrogens with zero attached hydrogens (tertiary/aromatic N) is 3. The lowest BCUT2D eigenvalue weighted by molar-refractivity contribution is -0.132. The Kier molecular flexibility index (Phi) is 7.17. The average molecular weight is 498 g/mol. The van der Waals surface area contributed by atoms with Crippen molar-refractivity contribution in [2.24, 2.45) is 11.8 Å². The first-order chi connectivity index (χ1) is 16.6. The summed E-state index contributed by atoms with van der Waals surface area (Å²) in [5.74, 6) is 0.138. The fraction of sp³-hybridized carbons (Fsp3) is 0.462. The summed E-state index contributed by atoms with van der Waals surface area (Å²) < 4.78 is 34.9. The van der Waals surface area contributed by atoms with E-state index in [1.165, 1.54) is 10.4 Å². The predicted octanol–water partition coefficient (Wildman–Crippen LogP) is 2.86. The summed E-state index contributed by atoms with van der Waals surface area (Å²) in [6.07, 6.45) is 1.36. The SMILES string of the molecule is C[C@@H]1CN([C@@H](C)CO)S(=O)(=O)c2ccc(-c3ccc(C#N)cc3)cc2O[C@H]1CN(C)C(=O)C1CC1. The lowest BCUT2D eigenvalue weighted by Gasteiger charge is -2.37. The second-order valence-electron chi connectivity index (χ2n) is 9.58. The molecule has 9 heteroatoms. The number of likely N-dealkylation sites (N-methyl/N-ethyl adjacent to an activating group) is 1. The highest BCUT2D eigenvalue weighted by Crippen LogP contribution is 2.37. The van der Waals surface area contributed by atoms with Crippen LogP contribution in [0.1, 0.15) is 32.3 Å². The van der Waals surface area contributed by atoms with Crippen molar-refractivity contribution < 1.29 is 23.1 Å². The summed E-state index contributed by atoms with van der Waals surface area (Å²) in [6.45, 7) is 3.77. The van der Waals surface area contributed by atoms with Gasteiger partial charge in [-0.2, -0.15) is 9.57 Å². The van der Waals surface area contributed by atoms with Gasteiger partial charge in [-0.25, -0.2) is 8.42 Å². The van der Waals surface area contributed by atoms with E-state index in [-0.39, 0.29) is 41.5 Å². The van der Waals surface area contributed by atoms with Crippen LogP contribution in [0.2, 0.25) is 0 Å². The Bertz CT molecular complexity index is 1230. The van der Waals surface area contributed by atoms with Crippen molar-refractivity contribution in [3.63, 3.8) is 0 Å². The molecule has 0 spiro atoms. The summed E-state index contributed by atoms with van der Waals surface area (Å²) in [6, 6.07) is 13.4. The molecule has 8 nitrogen and oxygen atoms in total. The Labute approximate surface area is 206 Å². The van der Waals surface area contributed by atoms with Crippen molar-refractivity contribution in [2.45, 2.75) is 43.7 Å². The van der Waals surface area contributed by atoms with E-state index < -0.39 is 22.2 Å². The van der Waals surface area contributed by atoms with E-state index in [0.717, 1.165) is 24.0 Å². The van der Waals surface area contributed by atoms with Crippen molar-refractivity contribution in [1.82, 2.24) is 9.21 Å². The average Bonchev–Trinajstić information content (AvgIpc) is 3.70. The molecule has 1 fully saturated rings. The minimum Gasteiger partial charge on any atom is -0.487 e. The topological polar surface area (TPSA) is 111 Å². The third-order valence-corrected chi connectivity index (χ3v) is 8.79. The molecule has 2 aromatic rings. The van der Waals surface area contributed by atoms with E-state index in [1.807, 2.05) is 6.92 Å². The number of fused-ring (bicyclic) bond motifs is 1. The Morgan fingerprint density at radius 2 is 1.89 bits per heavy atom. The molecule has 2 aromatic carbocycles. The molecule has 35 heavy (non-hydrogen) atoms. The van der Waals surface area contributed by atoms with E-state index in [2.05, 4.69) is 6.07 Å². The molecule has 0 radical (unpaired) electrons. The van der Waals surface area contributed by atoms with Gasteiger partial charge in [-0.3, -0.25) is 4.79 Å². The summed E-state index contributed by atoms with van der Waals surface area (Å²) in [7, 11) is -2.19. The highest BCUT2D eigenvalue weighted by atomic mass is 32.2. The maximum absolute atomic E-state index is 13.6. The number of aliphatic hydroxyl groups excluding tert-OH is 1. The second kappa shape index (κ2) is 9.97. The van der Waals surface area contributed by atoms with E-state index >= 15 is 0 Å².